The number of halogens is 1. The summed E-state index contributed by atoms with van der Waals surface area (Å²) < 4.78 is 5.28. The SMILES string of the molecule is CCCC(Br)CNC(=O)C1CCCO1. The maximum Gasteiger partial charge on any atom is 0.249 e. The maximum absolute atomic E-state index is 11.5. The van der Waals surface area contributed by atoms with E-state index < -0.39 is 0 Å². The van der Waals surface area contributed by atoms with Crippen LogP contribution in [0.4, 0.5) is 0 Å². The number of amides is 1. The molecule has 0 saturated carbocycles. The van der Waals surface area contributed by atoms with Crippen LogP contribution in [0.3, 0.4) is 0 Å². The zero-order valence-corrected chi connectivity index (χ0v) is 10.2. The molecule has 0 aromatic rings. The lowest BCUT2D eigenvalue weighted by atomic mass is 10.2. The zero-order chi connectivity index (χ0) is 10.4. The highest BCUT2D eigenvalue weighted by Gasteiger charge is 2.23. The topological polar surface area (TPSA) is 38.3 Å². The molecule has 82 valence electrons. The van der Waals surface area contributed by atoms with Crippen molar-refractivity contribution in [2.75, 3.05) is 13.2 Å². The maximum atomic E-state index is 11.5. The predicted octanol–water partition coefficient (Wildman–Crippen LogP) is 1.85. The van der Waals surface area contributed by atoms with Crippen molar-refractivity contribution >= 4 is 21.8 Å². The molecule has 0 radical (unpaired) electrons. The minimum atomic E-state index is -0.198. The molecule has 1 aliphatic rings. The van der Waals surface area contributed by atoms with E-state index in [4.69, 9.17) is 4.74 Å². The third-order valence-corrected chi connectivity index (χ3v) is 3.10. The summed E-state index contributed by atoms with van der Waals surface area (Å²) in [6.45, 7) is 3.56. The highest BCUT2D eigenvalue weighted by Crippen LogP contribution is 2.12. The van der Waals surface area contributed by atoms with Crippen LogP contribution in [-0.4, -0.2) is 30.0 Å². The quantitative estimate of drug-likeness (QED) is 0.769. The van der Waals surface area contributed by atoms with Crippen LogP contribution in [0.5, 0.6) is 0 Å². The number of ether oxygens (including phenoxy) is 1. The molecule has 3 nitrogen and oxygen atoms in total. The fourth-order valence-electron chi connectivity index (χ4n) is 1.52. The van der Waals surface area contributed by atoms with Gasteiger partial charge >= 0.3 is 0 Å². The third-order valence-electron chi connectivity index (χ3n) is 2.32. The lowest BCUT2D eigenvalue weighted by Gasteiger charge is -2.13. The molecule has 2 unspecified atom stereocenters. The molecule has 0 aromatic heterocycles. The van der Waals surface area contributed by atoms with Gasteiger partial charge in [-0.15, -0.1) is 0 Å². The molecule has 4 heteroatoms. The third kappa shape index (κ3) is 3.96. The highest BCUT2D eigenvalue weighted by molar-refractivity contribution is 9.09. The van der Waals surface area contributed by atoms with Crippen LogP contribution >= 0.6 is 15.9 Å². The molecule has 1 N–H and O–H groups in total. The van der Waals surface area contributed by atoms with Crippen molar-refractivity contribution in [2.45, 2.75) is 43.5 Å². The van der Waals surface area contributed by atoms with Gasteiger partial charge < -0.3 is 10.1 Å². The summed E-state index contributed by atoms with van der Waals surface area (Å²) in [5, 5.41) is 2.90. The van der Waals surface area contributed by atoms with Crippen molar-refractivity contribution in [3.8, 4) is 0 Å². The number of carbonyl (C=O) groups is 1. The molecular weight excluding hydrogens is 246 g/mol. The van der Waals surface area contributed by atoms with Gasteiger partial charge in [-0.05, 0) is 19.3 Å². The van der Waals surface area contributed by atoms with Crippen LogP contribution in [-0.2, 0) is 9.53 Å². The molecule has 14 heavy (non-hydrogen) atoms. The molecule has 0 aliphatic carbocycles. The average molecular weight is 264 g/mol. The van der Waals surface area contributed by atoms with Crippen LogP contribution in [0.25, 0.3) is 0 Å². The summed E-state index contributed by atoms with van der Waals surface area (Å²) in [5.41, 5.74) is 0. The van der Waals surface area contributed by atoms with Crippen molar-refractivity contribution in [1.82, 2.24) is 5.32 Å². The minimum Gasteiger partial charge on any atom is -0.368 e. The summed E-state index contributed by atoms with van der Waals surface area (Å²) in [5.74, 6) is 0.0445. The number of alkyl halides is 1. The molecule has 0 bridgehead atoms. The predicted molar refractivity (Wildman–Crippen MR) is 59.6 cm³/mol. The summed E-state index contributed by atoms with van der Waals surface area (Å²) in [4.78, 5) is 11.9. The normalized spacial score (nSPS) is 23.4. The van der Waals surface area contributed by atoms with Crippen LogP contribution in [0.1, 0.15) is 32.6 Å². The van der Waals surface area contributed by atoms with Crippen molar-refractivity contribution < 1.29 is 9.53 Å². The molecule has 0 spiro atoms. The van der Waals surface area contributed by atoms with E-state index >= 15 is 0 Å². The summed E-state index contributed by atoms with van der Waals surface area (Å²) in [6.07, 6.45) is 3.89. The molecule has 2 atom stereocenters. The van der Waals surface area contributed by atoms with Crippen LogP contribution in [0.2, 0.25) is 0 Å². The first-order valence-electron chi connectivity index (χ1n) is 5.27. The van der Waals surface area contributed by atoms with E-state index in [1.54, 1.807) is 0 Å². The van der Waals surface area contributed by atoms with Crippen molar-refractivity contribution in [1.29, 1.82) is 0 Å². The molecule has 1 heterocycles. The van der Waals surface area contributed by atoms with E-state index in [0.29, 0.717) is 11.4 Å². The van der Waals surface area contributed by atoms with E-state index in [1.165, 1.54) is 0 Å². The van der Waals surface area contributed by atoms with Gasteiger partial charge in [-0.2, -0.15) is 0 Å². The second kappa shape index (κ2) is 6.40. The van der Waals surface area contributed by atoms with E-state index in [2.05, 4.69) is 28.2 Å². The Bertz CT molecular complexity index is 181. The van der Waals surface area contributed by atoms with Gasteiger partial charge in [0.1, 0.15) is 6.10 Å². The van der Waals surface area contributed by atoms with E-state index in [-0.39, 0.29) is 12.0 Å². The lowest BCUT2D eigenvalue weighted by molar-refractivity contribution is -0.130. The smallest absolute Gasteiger partial charge is 0.249 e. The molecule has 1 fully saturated rings. The molecule has 1 amide bonds. The molecular formula is C10H18BrNO2. The number of rotatable bonds is 5. The first kappa shape index (κ1) is 12.0. The van der Waals surface area contributed by atoms with E-state index in [9.17, 15) is 4.79 Å². The molecule has 1 rings (SSSR count). The summed E-state index contributed by atoms with van der Waals surface area (Å²) in [7, 11) is 0. The van der Waals surface area contributed by atoms with Crippen molar-refractivity contribution in [2.24, 2.45) is 0 Å². The summed E-state index contributed by atoms with van der Waals surface area (Å²) in [6, 6.07) is 0. The minimum absolute atomic E-state index is 0.0445. The Labute approximate surface area is 93.7 Å². The van der Waals surface area contributed by atoms with Gasteiger partial charge in [-0.25, -0.2) is 0 Å². The van der Waals surface area contributed by atoms with Gasteiger partial charge in [0.05, 0.1) is 0 Å². The van der Waals surface area contributed by atoms with Crippen molar-refractivity contribution in [3.05, 3.63) is 0 Å². The zero-order valence-electron chi connectivity index (χ0n) is 8.59. The Kier molecular flexibility index (Phi) is 5.48. The van der Waals surface area contributed by atoms with Gasteiger partial charge in [0.15, 0.2) is 0 Å². The lowest BCUT2D eigenvalue weighted by Crippen LogP contribution is -2.37. The number of hydrogen-bond donors (Lipinski definition) is 1. The molecule has 1 aliphatic heterocycles. The van der Waals surface area contributed by atoms with Crippen LogP contribution in [0, 0.1) is 0 Å². The summed E-state index contributed by atoms with van der Waals surface area (Å²) >= 11 is 3.52. The Balaban J connectivity index is 2.13. The Hall–Kier alpha value is -0.0900. The number of carbonyl (C=O) groups excluding carboxylic acids is 1. The standard InChI is InChI=1S/C10H18BrNO2/c1-2-4-8(11)7-12-10(13)9-5-3-6-14-9/h8-9H,2-7H2,1H3,(H,12,13). The van der Waals surface area contributed by atoms with Gasteiger partial charge in [-0.1, -0.05) is 29.3 Å². The van der Waals surface area contributed by atoms with Gasteiger partial charge in [0, 0.05) is 18.0 Å². The fourth-order valence-corrected chi connectivity index (χ4v) is 2.14. The Morgan fingerprint density at radius 2 is 2.50 bits per heavy atom. The Morgan fingerprint density at radius 3 is 3.07 bits per heavy atom. The van der Waals surface area contributed by atoms with Gasteiger partial charge in [0.2, 0.25) is 5.91 Å². The average Bonchev–Trinajstić information content (AvgIpc) is 2.67. The Morgan fingerprint density at radius 1 is 1.71 bits per heavy atom. The number of nitrogens with one attached hydrogen (secondary N) is 1. The highest BCUT2D eigenvalue weighted by atomic mass is 79.9. The van der Waals surface area contributed by atoms with Gasteiger partial charge in [-0.3, -0.25) is 4.79 Å². The molecule has 1 saturated heterocycles. The second-order valence-corrected chi connectivity index (χ2v) is 4.93. The fraction of sp³-hybridized carbons (Fsp3) is 0.900. The largest absolute Gasteiger partial charge is 0.368 e. The van der Waals surface area contributed by atoms with Crippen molar-refractivity contribution in [3.63, 3.8) is 0 Å². The monoisotopic (exact) mass is 263 g/mol. The van der Waals surface area contributed by atoms with Crippen LogP contribution < -0.4 is 5.32 Å². The first-order chi connectivity index (χ1) is 6.74. The van der Waals surface area contributed by atoms with Gasteiger partial charge in [0.25, 0.3) is 0 Å². The number of hydrogen-bond acceptors (Lipinski definition) is 2. The molecule has 0 aromatic carbocycles. The second-order valence-electron chi connectivity index (χ2n) is 3.63. The van der Waals surface area contributed by atoms with E-state index in [1.807, 2.05) is 0 Å². The van der Waals surface area contributed by atoms with Crippen LogP contribution in [0.15, 0.2) is 0 Å². The first-order valence-corrected chi connectivity index (χ1v) is 6.19. The van der Waals surface area contributed by atoms with E-state index in [0.717, 1.165) is 32.3 Å².